The number of hydrogen-bond acceptors (Lipinski definition) is 4. The average molecular weight is 478 g/mol. The molecule has 3 aromatic carbocycles. The Balaban J connectivity index is 1.29. The van der Waals surface area contributed by atoms with Gasteiger partial charge in [0.2, 0.25) is 0 Å². The molecule has 35 heavy (non-hydrogen) atoms. The van der Waals surface area contributed by atoms with Gasteiger partial charge in [-0.05, 0) is 48.9 Å². The minimum atomic E-state index is -0.527. The molecule has 4 amide bonds. The highest BCUT2D eigenvalue weighted by Crippen LogP contribution is 2.23. The van der Waals surface area contributed by atoms with Gasteiger partial charge in [-0.25, -0.2) is 14.0 Å². The Morgan fingerprint density at radius 2 is 1.60 bits per heavy atom. The van der Waals surface area contributed by atoms with Crippen molar-refractivity contribution in [2.24, 2.45) is 0 Å². The summed E-state index contributed by atoms with van der Waals surface area (Å²) in [5, 5.41) is 17.7. The van der Waals surface area contributed by atoms with E-state index in [2.05, 4.69) is 20.9 Å². The molecule has 0 bridgehead atoms. The molecular weight excluding hydrogens is 449 g/mol. The number of piperazine rings is 1. The minimum absolute atomic E-state index is 0.110. The number of anilines is 4. The largest absolute Gasteiger partial charge is 0.392 e. The molecular formula is C26H28FN5O3. The van der Waals surface area contributed by atoms with Crippen molar-refractivity contribution in [2.45, 2.75) is 13.5 Å². The summed E-state index contributed by atoms with van der Waals surface area (Å²) in [5.74, 6) is -0.501. The topological polar surface area (TPSA) is 96.9 Å². The molecule has 182 valence electrons. The predicted molar refractivity (Wildman–Crippen MR) is 135 cm³/mol. The van der Waals surface area contributed by atoms with Crippen LogP contribution in [0.25, 0.3) is 0 Å². The number of hydrogen-bond donors (Lipinski definition) is 4. The molecule has 1 fully saturated rings. The van der Waals surface area contributed by atoms with Crippen molar-refractivity contribution in [3.8, 4) is 0 Å². The fourth-order valence-corrected chi connectivity index (χ4v) is 4.00. The van der Waals surface area contributed by atoms with Crippen molar-refractivity contribution < 1.29 is 19.1 Å². The molecule has 4 N–H and O–H groups in total. The minimum Gasteiger partial charge on any atom is -0.392 e. The van der Waals surface area contributed by atoms with Crippen LogP contribution in [-0.4, -0.2) is 48.2 Å². The Bertz CT molecular complexity index is 1190. The van der Waals surface area contributed by atoms with Gasteiger partial charge in [0.25, 0.3) is 0 Å². The van der Waals surface area contributed by atoms with Crippen LogP contribution < -0.4 is 20.9 Å². The summed E-state index contributed by atoms with van der Waals surface area (Å²) in [6, 6.07) is 18.2. The summed E-state index contributed by atoms with van der Waals surface area (Å²) in [5.41, 5.74) is 3.92. The second-order valence-corrected chi connectivity index (χ2v) is 8.28. The summed E-state index contributed by atoms with van der Waals surface area (Å²) < 4.78 is 13.7. The van der Waals surface area contributed by atoms with Crippen LogP contribution in [-0.2, 0) is 6.61 Å². The van der Waals surface area contributed by atoms with Crippen LogP contribution in [0.1, 0.15) is 11.1 Å². The van der Waals surface area contributed by atoms with E-state index in [0.29, 0.717) is 43.1 Å². The van der Waals surface area contributed by atoms with Crippen LogP contribution in [0, 0.1) is 12.7 Å². The summed E-state index contributed by atoms with van der Waals surface area (Å²) in [7, 11) is 0. The van der Waals surface area contributed by atoms with Gasteiger partial charge in [0.15, 0.2) is 0 Å². The number of aliphatic hydroxyl groups excluding tert-OH is 1. The molecule has 4 rings (SSSR count). The van der Waals surface area contributed by atoms with Gasteiger partial charge in [-0.2, -0.15) is 0 Å². The molecule has 0 aromatic heterocycles. The number of para-hydroxylation sites is 2. The van der Waals surface area contributed by atoms with Gasteiger partial charge >= 0.3 is 12.1 Å². The molecule has 1 saturated heterocycles. The van der Waals surface area contributed by atoms with E-state index >= 15 is 0 Å². The first kappa shape index (κ1) is 24.0. The molecule has 0 aliphatic carbocycles. The molecule has 0 radical (unpaired) electrons. The van der Waals surface area contributed by atoms with Gasteiger partial charge in [-0.3, -0.25) is 0 Å². The first-order valence-electron chi connectivity index (χ1n) is 11.4. The Labute approximate surface area is 203 Å². The number of halogens is 1. The van der Waals surface area contributed by atoms with E-state index < -0.39 is 11.8 Å². The lowest BCUT2D eigenvalue weighted by Gasteiger charge is -2.36. The fraction of sp³-hybridized carbons (Fsp3) is 0.231. The third kappa shape index (κ3) is 5.88. The second-order valence-electron chi connectivity index (χ2n) is 8.28. The van der Waals surface area contributed by atoms with Gasteiger partial charge in [0.1, 0.15) is 5.82 Å². The van der Waals surface area contributed by atoms with E-state index in [0.717, 1.165) is 11.3 Å². The standard InChI is InChI=1S/C26H28FN5O3/c1-18-5-4-6-19(17-33)24(18)30-26(35)32-15-13-31(14-16-32)21-11-9-20(10-12-21)28-25(34)29-23-8-3-2-7-22(23)27/h2-12,33H,13-17H2,1H3,(H,30,35)(H2,28,29,34). The van der Waals surface area contributed by atoms with Crippen molar-refractivity contribution in [1.29, 1.82) is 0 Å². The molecule has 1 aliphatic heterocycles. The monoisotopic (exact) mass is 477 g/mol. The molecule has 0 unspecified atom stereocenters. The molecule has 1 heterocycles. The predicted octanol–water partition coefficient (Wildman–Crippen LogP) is 4.62. The van der Waals surface area contributed by atoms with Crippen molar-refractivity contribution in [3.63, 3.8) is 0 Å². The average Bonchev–Trinajstić information content (AvgIpc) is 2.87. The zero-order valence-electron chi connectivity index (χ0n) is 19.4. The van der Waals surface area contributed by atoms with Gasteiger partial charge in [-0.15, -0.1) is 0 Å². The van der Waals surface area contributed by atoms with Crippen LogP contribution in [0.2, 0.25) is 0 Å². The Morgan fingerprint density at radius 1 is 0.886 bits per heavy atom. The first-order valence-corrected chi connectivity index (χ1v) is 11.4. The zero-order chi connectivity index (χ0) is 24.8. The molecule has 9 heteroatoms. The Hall–Kier alpha value is -4.11. The van der Waals surface area contributed by atoms with Crippen LogP contribution in [0.15, 0.2) is 66.7 Å². The van der Waals surface area contributed by atoms with Crippen molar-refractivity contribution >= 4 is 34.8 Å². The zero-order valence-corrected chi connectivity index (χ0v) is 19.4. The smallest absolute Gasteiger partial charge is 0.323 e. The quantitative estimate of drug-likeness (QED) is 0.431. The van der Waals surface area contributed by atoms with Crippen molar-refractivity contribution in [3.05, 3.63) is 83.7 Å². The lowest BCUT2D eigenvalue weighted by Crippen LogP contribution is -2.50. The normalized spacial score (nSPS) is 13.3. The lowest BCUT2D eigenvalue weighted by atomic mass is 10.1. The van der Waals surface area contributed by atoms with E-state index in [4.69, 9.17) is 0 Å². The van der Waals surface area contributed by atoms with Crippen LogP contribution >= 0.6 is 0 Å². The maximum Gasteiger partial charge on any atom is 0.323 e. The van der Waals surface area contributed by atoms with Gasteiger partial charge in [0, 0.05) is 43.1 Å². The number of urea groups is 2. The summed E-state index contributed by atoms with van der Waals surface area (Å²) in [6.45, 7) is 4.19. The molecule has 1 aliphatic rings. The summed E-state index contributed by atoms with van der Waals surface area (Å²) in [6.07, 6.45) is 0. The highest BCUT2D eigenvalue weighted by atomic mass is 19.1. The molecule has 0 spiro atoms. The molecule has 0 atom stereocenters. The van der Waals surface area contributed by atoms with Crippen molar-refractivity contribution in [1.82, 2.24) is 4.90 Å². The van der Waals surface area contributed by atoms with Crippen LogP contribution in [0.5, 0.6) is 0 Å². The number of carbonyl (C=O) groups is 2. The van der Waals surface area contributed by atoms with E-state index in [9.17, 15) is 19.1 Å². The number of benzene rings is 3. The number of aryl methyl sites for hydroxylation is 1. The Morgan fingerprint density at radius 3 is 2.29 bits per heavy atom. The molecule has 8 nitrogen and oxygen atoms in total. The first-order chi connectivity index (χ1) is 16.9. The SMILES string of the molecule is Cc1cccc(CO)c1NC(=O)N1CCN(c2ccc(NC(=O)Nc3ccccc3F)cc2)CC1. The van der Waals surface area contributed by atoms with Crippen LogP contribution in [0.4, 0.5) is 36.7 Å². The van der Waals surface area contributed by atoms with Gasteiger partial charge in [0.05, 0.1) is 18.0 Å². The fourth-order valence-electron chi connectivity index (χ4n) is 4.00. The second kappa shape index (κ2) is 10.9. The Kier molecular flexibility index (Phi) is 7.47. The van der Waals surface area contributed by atoms with Gasteiger partial charge in [-0.1, -0.05) is 30.3 Å². The van der Waals surface area contributed by atoms with Crippen LogP contribution in [0.3, 0.4) is 0 Å². The molecule has 0 saturated carbocycles. The third-order valence-corrected chi connectivity index (χ3v) is 5.94. The maximum absolute atomic E-state index is 13.7. The van der Waals surface area contributed by atoms with Crippen molar-refractivity contribution in [2.75, 3.05) is 47.0 Å². The maximum atomic E-state index is 13.7. The summed E-state index contributed by atoms with van der Waals surface area (Å²) in [4.78, 5) is 28.9. The van der Waals surface area contributed by atoms with Gasteiger partial charge < -0.3 is 30.9 Å². The highest BCUT2D eigenvalue weighted by Gasteiger charge is 2.22. The number of aliphatic hydroxyl groups is 1. The highest BCUT2D eigenvalue weighted by molar-refractivity contribution is 5.99. The third-order valence-electron chi connectivity index (χ3n) is 5.94. The van der Waals surface area contributed by atoms with E-state index in [1.165, 1.54) is 12.1 Å². The number of rotatable bonds is 5. The number of amides is 4. The van der Waals surface area contributed by atoms with E-state index in [1.54, 1.807) is 35.2 Å². The number of nitrogens with zero attached hydrogens (tertiary/aromatic N) is 2. The van der Waals surface area contributed by atoms with E-state index in [1.807, 2.05) is 31.2 Å². The number of nitrogens with one attached hydrogen (secondary N) is 3. The number of carbonyl (C=O) groups excluding carboxylic acids is 2. The lowest BCUT2D eigenvalue weighted by molar-refractivity contribution is 0.208. The summed E-state index contributed by atoms with van der Waals surface area (Å²) >= 11 is 0. The van der Waals surface area contributed by atoms with E-state index in [-0.39, 0.29) is 18.3 Å². The molecule has 3 aromatic rings.